The Hall–Kier alpha value is -1.71. The van der Waals surface area contributed by atoms with Gasteiger partial charge in [-0.05, 0) is 23.6 Å². The van der Waals surface area contributed by atoms with Gasteiger partial charge in [0, 0.05) is 0 Å². The van der Waals surface area contributed by atoms with E-state index in [0.717, 1.165) is 0 Å². The minimum Gasteiger partial charge on any atom is -0.485 e. The van der Waals surface area contributed by atoms with Crippen LogP contribution in [0.4, 0.5) is 0 Å². The van der Waals surface area contributed by atoms with Crippen LogP contribution in [-0.2, 0) is 4.79 Å². The highest BCUT2D eigenvalue weighted by molar-refractivity contribution is 5.79. The number of benzene rings is 1. The highest BCUT2D eigenvalue weighted by Gasteiger charge is 2.25. The summed E-state index contributed by atoms with van der Waals surface area (Å²) in [7, 11) is 0. The van der Waals surface area contributed by atoms with E-state index in [9.17, 15) is 4.79 Å². The molecule has 86 valence electrons. The first-order chi connectivity index (χ1) is 7.58. The lowest BCUT2D eigenvalue weighted by molar-refractivity contribution is -0.127. The number of hydrogen-bond acceptors (Lipinski definition) is 3. The predicted molar refractivity (Wildman–Crippen MR) is 59.6 cm³/mol. The number of ether oxygens (including phenoxy) is 2. The normalized spacial score (nSPS) is 18.6. The largest absolute Gasteiger partial charge is 0.485 e. The molecule has 0 aromatic heterocycles. The number of nitrogens with two attached hydrogens (primary N) is 1. The molecule has 0 spiro atoms. The second-order valence-electron chi connectivity index (χ2n) is 4.18. The summed E-state index contributed by atoms with van der Waals surface area (Å²) in [6.45, 7) is 4.40. The monoisotopic (exact) mass is 221 g/mol. The minimum atomic E-state index is -0.683. The van der Waals surface area contributed by atoms with Crippen molar-refractivity contribution in [2.45, 2.75) is 25.9 Å². The molecule has 1 atom stereocenters. The van der Waals surface area contributed by atoms with E-state index in [1.54, 1.807) is 0 Å². The molecule has 1 aromatic carbocycles. The Morgan fingerprint density at radius 1 is 1.44 bits per heavy atom. The second kappa shape index (κ2) is 4.04. The number of fused-ring (bicyclic) bond motifs is 1. The van der Waals surface area contributed by atoms with Gasteiger partial charge in [-0.25, -0.2) is 0 Å². The van der Waals surface area contributed by atoms with Crippen molar-refractivity contribution < 1.29 is 14.3 Å². The number of rotatable bonds is 2. The first kappa shape index (κ1) is 10.8. The first-order valence-corrected chi connectivity index (χ1v) is 5.30. The molecule has 1 aliphatic rings. The zero-order chi connectivity index (χ0) is 11.7. The van der Waals surface area contributed by atoms with E-state index in [1.165, 1.54) is 5.56 Å². The van der Waals surface area contributed by atoms with Crippen molar-refractivity contribution in [3.63, 3.8) is 0 Å². The van der Waals surface area contributed by atoms with Gasteiger partial charge in [0.1, 0.15) is 6.61 Å². The van der Waals surface area contributed by atoms with E-state index in [1.807, 2.05) is 18.2 Å². The maximum absolute atomic E-state index is 11.0. The van der Waals surface area contributed by atoms with Gasteiger partial charge in [0.05, 0.1) is 0 Å². The van der Waals surface area contributed by atoms with Crippen LogP contribution in [0.15, 0.2) is 18.2 Å². The Kier molecular flexibility index (Phi) is 2.73. The minimum absolute atomic E-state index is 0.184. The van der Waals surface area contributed by atoms with Crippen LogP contribution >= 0.6 is 0 Å². The third-order valence-electron chi connectivity index (χ3n) is 2.61. The molecule has 4 nitrogen and oxygen atoms in total. The highest BCUT2D eigenvalue weighted by Crippen LogP contribution is 2.34. The van der Waals surface area contributed by atoms with E-state index in [2.05, 4.69) is 13.8 Å². The standard InChI is InChI=1S/C12H15NO3/c1-7(2)8-3-4-9-10(5-8)15-6-11(16-9)12(13)14/h3-5,7,11H,6H2,1-2H3,(H2,13,14). The van der Waals surface area contributed by atoms with Crippen molar-refractivity contribution in [2.75, 3.05) is 6.61 Å². The van der Waals surface area contributed by atoms with Gasteiger partial charge in [-0.3, -0.25) is 4.79 Å². The maximum Gasteiger partial charge on any atom is 0.262 e. The van der Waals surface area contributed by atoms with E-state index < -0.39 is 12.0 Å². The maximum atomic E-state index is 11.0. The Balaban J connectivity index is 2.25. The fraction of sp³-hybridized carbons (Fsp3) is 0.417. The molecule has 0 saturated carbocycles. The van der Waals surface area contributed by atoms with Crippen LogP contribution < -0.4 is 15.2 Å². The van der Waals surface area contributed by atoms with Crippen molar-refractivity contribution in [2.24, 2.45) is 5.73 Å². The summed E-state index contributed by atoms with van der Waals surface area (Å²) in [5.41, 5.74) is 6.34. The van der Waals surface area contributed by atoms with Gasteiger partial charge in [-0.15, -0.1) is 0 Å². The molecule has 1 amide bonds. The summed E-state index contributed by atoms with van der Waals surface area (Å²) in [4.78, 5) is 11.0. The van der Waals surface area contributed by atoms with Crippen LogP contribution in [0.5, 0.6) is 11.5 Å². The lowest BCUT2D eigenvalue weighted by atomic mass is 10.0. The summed E-state index contributed by atoms with van der Waals surface area (Å²) in [6.07, 6.45) is -0.683. The van der Waals surface area contributed by atoms with Crippen LogP contribution in [0.25, 0.3) is 0 Å². The molecule has 16 heavy (non-hydrogen) atoms. The molecular weight excluding hydrogens is 206 g/mol. The molecule has 2 N–H and O–H groups in total. The average molecular weight is 221 g/mol. The van der Waals surface area contributed by atoms with Gasteiger partial charge < -0.3 is 15.2 Å². The lowest BCUT2D eigenvalue weighted by Crippen LogP contribution is -2.40. The van der Waals surface area contributed by atoms with Crippen molar-refractivity contribution in [1.29, 1.82) is 0 Å². The topological polar surface area (TPSA) is 61.5 Å². The zero-order valence-corrected chi connectivity index (χ0v) is 9.40. The molecule has 0 fully saturated rings. The van der Waals surface area contributed by atoms with Gasteiger partial charge in [0.25, 0.3) is 5.91 Å². The first-order valence-electron chi connectivity index (χ1n) is 5.30. The molecule has 1 aliphatic heterocycles. The zero-order valence-electron chi connectivity index (χ0n) is 9.40. The lowest BCUT2D eigenvalue weighted by Gasteiger charge is -2.25. The van der Waals surface area contributed by atoms with Gasteiger partial charge in [-0.2, -0.15) is 0 Å². The molecule has 1 aromatic rings. The van der Waals surface area contributed by atoms with Gasteiger partial charge in [-0.1, -0.05) is 19.9 Å². The molecule has 0 saturated heterocycles. The highest BCUT2D eigenvalue weighted by atomic mass is 16.6. The average Bonchev–Trinajstić information content (AvgIpc) is 2.27. The number of carbonyl (C=O) groups is 1. The fourth-order valence-corrected chi connectivity index (χ4v) is 1.59. The van der Waals surface area contributed by atoms with Crippen LogP contribution in [0.3, 0.4) is 0 Å². The SMILES string of the molecule is CC(C)c1ccc2c(c1)OCC(C(N)=O)O2. The van der Waals surface area contributed by atoms with Crippen molar-refractivity contribution in [1.82, 2.24) is 0 Å². The summed E-state index contributed by atoms with van der Waals surface area (Å²) < 4.78 is 10.9. The molecule has 1 unspecified atom stereocenters. The summed E-state index contributed by atoms with van der Waals surface area (Å²) in [6, 6.07) is 5.73. The van der Waals surface area contributed by atoms with Crippen molar-refractivity contribution >= 4 is 5.91 Å². The molecule has 0 aliphatic carbocycles. The van der Waals surface area contributed by atoms with Crippen LogP contribution in [0.2, 0.25) is 0 Å². The van der Waals surface area contributed by atoms with E-state index in [4.69, 9.17) is 15.2 Å². The van der Waals surface area contributed by atoms with Gasteiger partial charge in [0.15, 0.2) is 11.5 Å². The smallest absolute Gasteiger partial charge is 0.262 e. The van der Waals surface area contributed by atoms with Crippen LogP contribution in [-0.4, -0.2) is 18.6 Å². The number of primary amides is 1. The summed E-state index contributed by atoms with van der Waals surface area (Å²) in [5, 5.41) is 0. The predicted octanol–water partition coefficient (Wildman–Crippen LogP) is 1.44. The molecular formula is C12H15NO3. The van der Waals surface area contributed by atoms with Gasteiger partial charge in [0.2, 0.25) is 6.10 Å². The van der Waals surface area contributed by atoms with E-state index >= 15 is 0 Å². The summed E-state index contributed by atoms with van der Waals surface area (Å²) in [5.74, 6) is 1.20. The quantitative estimate of drug-likeness (QED) is 0.821. The van der Waals surface area contributed by atoms with Crippen molar-refractivity contribution in [3.05, 3.63) is 23.8 Å². The summed E-state index contributed by atoms with van der Waals surface area (Å²) >= 11 is 0. The van der Waals surface area contributed by atoms with E-state index in [-0.39, 0.29) is 6.61 Å². The van der Waals surface area contributed by atoms with E-state index in [0.29, 0.717) is 17.4 Å². The molecule has 0 radical (unpaired) electrons. The third-order valence-corrected chi connectivity index (χ3v) is 2.61. The number of carbonyl (C=O) groups excluding carboxylic acids is 1. The molecule has 2 rings (SSSR count). The third kappa shape index (κ3) is 1.96. The Morgan fingerprint density at radius 2 is 2.19 bits per heavy atom. The Labute approximate surface area is 94.3 Å². The van der Waals surface area contributed by atoms with Crippen molar-refractivity contribution in [3.8, 4) is 11.5 Å². The molecule has 0 bridgehead atoms. The number of amides is 1. The Bertz CT molecular complexity index is 415. The number of hydrogen-bond donors (Lipinski definition) is 1. The van der Waals surface area contributed by atoms with Crippen LogP contribution in [0, 0.1) is 0 Å². The Morgan fingerprint density at radius 3 is 2.81 bits per heavy atom. The van der Waals surface area contributed by atoms with Gasteiger partial charge >= 0.3 is 0 Å². The molecule has 4 heteroatoms. The second-order valence-corrected chi connectivity index (χ2v) is 4.18. The fourth-order valence-electron chi connectivity index (χ4n) is 1.59. The molecule has 1 heterocycles. The van der Waals surface area contributed by atoms with Crippen LogP contribution in [0.1, 0.15) is 25.3 Å².